The molecule has 0 bridgehead atoms. The highest BCUT2D eigenvalue weighted by Crippen LogP contribution is 2.16. The number of imidazole rings is 1. The molecule has 3 heterocycles. The number of pyridine rings is 2. The zero-order valence-corrected chi connectivity index (χ0v) is 20.1. The fourth-order valence-corrected chi connectivity index (χ4v) is 3.79. The van der Waals surface area contributed by atoms with Crippen LogP contribution >= 0.6 is 0 Å². The summed E-state index contributed by atoms with van der Waals surface area (Å²) >= 11 is 0. The molecule has 0 aliphatic rings. The number of fused-ring (bicyclic) bond motifs is 1. The average molecular weight is 486 g/mol. The van der Waals surface area contributed by atoms with Crippen LogP contribution in [0, 0.1) is 0 Å². The average Bonchev–Trinajstić information content (AvgIpc) is 3.43. The lowest BCUT2D eigenvalue weighted by molar-refractivity contribution is 0.0944. The molecule has 0 unspecified atom stereocenters. The third-order valence-corrected chi connectivity index (χ3v) is 5.79. The molecular weight excluding hydrogens is 458 g/mol. The quantitative estimate of drug-likeness (QED) is 0.214. The maximum absolute atomic E-state index is 13.3. The number of aromatic nitrogens is 4. The zero-order valence-electron chi connectivity index (χ0n) is 20.1. The first-order chi connectivity index (χ1) is 17.5. The molecule has 184 valence electrons. The van der Waals surface area contributed by atoms with Crippen LogP contribution in [0.4, 0.5) is 0 Å². The summed E-state index contributed by atoms with van der Waals surface area (Å²) in [7, 11) is 0. The van der Waals surface area contributed by atoms with Crippen LogP contribution in [0.2, 0.25) is 0 Å². The van der Waals surface area contributed by atoms with Gasteiger partial charge in [0, 0.05) is 61.6 Å². The van der Waals surface area contributed by atoms with Crippen LogP contribution in [-0.4, -0.2) is 43.2 Å². The molecule has 3 aromatic heterocycles. The van der Waals surface area contributed by atoms with Gasteiger partial charge in [-0.15, -0.1) is 0 Å². The van der Waals surface area contributed by atoms with Gasteiger partial charge in [0.25, 0.3) is 11.8 Å². The zero-order chi connectivity index (χ0) is 25.5. The van der Waals surface area contributed by atoms with E-state index in [1.165, 1.54) is 12.4 Å². The summed E-state index contributed by atoms with van der Waals surface area (Å²) in [5.41, 5.74) is 4.60. The number of carbonyl (C=O) groups is 2. The molecule has 0 atom stereocenters. The second-order valence-electron chi connectivity index (χ2n) is 8.17. The number of hydrogen-bond donors (Lipinski definition) is 2. The van der Waals surface area contributed by atoms with Gasteiger partial charge in [0.15, 0.2) is 0 Å². The Morgan fingerprint density at radius 3 is 2.56 bits per heavy atom. The minimum atomic E-state index is -0.407. The highest BCUT2D eigenvalue weighted by atomic mass is 16.2. The van der Waals surface area contributed by atoms with Gasteiger partial charge < -0.3 is 14.5 Å². The number of hydrogen-bond acceptors (Lipinski definition) is 6. The van der Waals surface area contributed by atoms with Gasteiger partial charge in [-0.2, -0.15) is 5.10 Å². The van der Waals surface area contributed by atoms with Crippen molar-refractivity contribution in [1.82, 2.24) is 29.8 Å². The fourth-order valence-electron chi connectivity index (χ4n) is 3.79. The summed E-state index contributed by atoms with van der Waals surface area (Å²) in [6.07, 6.45) is 10.7. The summed E-state index contributed by atoms with van der Waals surface area (Å²) in [5, 5.41) is 7.44. The summed E-state index contributed by atoms with van der Waals surface area (Å²) in [6, 6.07) is 8.55. The van der Waals surface area contributed by atoms with Crippen molar-refractivity contribution in [2.45, 2.75) is 33.4 Å². The van der Waals surface area contributed by atoms with Gasteiger partial charge in [0.2, 0.25) is 5.43 Å². The van der Waals surface area contributed by atoms with Crippen LogP contribution in [0.1, 0.15) is 46.5 Å². The number of nitrogens with one attached hydrogen (secondary N) is 2. The molecule has 10 nitrogen and oxygen atoms in total. The molecule has 0 fully saturated rings. The van der Waals surface area contributed by atoms with Crippen molar-refractivity contribution in [2.24, 2.45) is 5.10 Å². The maximum Gasteiger partial charge on any atom is 0.271 e. The fraction of sp³-hybridized carbons (Fsp3) is 0.231. The van der Waals surface area contributed by atoms with Crippen LogP contribution < -0.4 is 16.2 Å². The second kappa shape index (κ2) is 11.2. The van der Waals surface area contributed by atoms with E-state index in [4.69, 9.17) is 0 Å². The normalized spacial score (nSPS) is 11.4. The lowest BCUT2D eigenvalue weighted by Crippen LogP contribution is -2.31. The lowest BCUT2D eigenvalue weighted by Gasteiger charge is -2.13. The van der Waals surface area contributed by atoms with Crippen LogP contribution in [0.25, 0.3) is 10.9 Å². The molecule has 0 saturated heterocycles. The Morgan fingerprint density at radius 1 is 1.03 bits per heavy atom. The van der Waals surface area contributed by atoms with Crippen LogP contribution in [0.5, 0.6) is 0 Å². The lowest BCUT2D eigenvalue weighted by atomic mass is 10.0. The summed E-state index contributed by atoms with van der Waals surface area (Å²) < 4.78 is 3.80. The van der Waals surface area contributed by atoms with Gasteiger partial charge in [-0.05, 0) is 50.1 Å². The van der Waals surface area contributed by atoms with Crippen molar-refractivity contribution < 1.29 is 9.59 Å². The van der Waals surface area contributed by atoms with Gasteiger partial charge in [-0.3, -0.25) is 19.4 Å². The van der Waals surface area contributed by atoms with E-state index < -0.39 is 5.91 Å². The van der Waals surface area contributed by atoms with Gasteiger partial charge in [0.05, 0.1) is 17.6 Å². The SMILES string of the molecule is CCn1cc(C(=O)NCCCn2ccnc2)c(=O)c2cc(/C(C)=N/NC(=O)c3ccncc3)ccc21. The minimum absolute atomic E-state index is 0.0877. The molecule has 10 heteroatoms. The van der Waals surface area contributed by atoms with Crippen molar-refractivity contribution in [3.63, 3.8) is 0 Å². The van der Waals surface area contributed by atoms with Gasteiger partial charge >= 0.3 is 0 Å². The Kier molecular flexibility index (Phi) is 7.64. The number of nitrogens with zero attached hydrogens (tertiary/aromatic N) is 5. The van der Waals surface area contributed by atoms with Crippen molar-refractivity contribution in [3.8, 4) is 0 Å². The van der Waals surface area contributed by atoms with E-state index in [1.54, 1.807) is 43.8 Å². The molecule has 0 aliphatic heterocycles. The Hall–Kier alpha value is -4.60. The molecule has 0 aliphatic carbocycles. The highest BCUT2D eigenvalue weighted by molar-refractivity contribution is 6.04. The van der Waals surface area contributed by atoms with Crippen molar-refractivity contribution in [3.05, 3.63) is 94.6 Å². The predicted molar refractivity (Wildman–Crippen MR) is 137 cm³/mol. The third-order valence-electron chi connectivity index (χ3n) is 5.79. The minimum Gasteiger partial charge on any atom is -0.352 e. The highest BCUT2D eigenvalue weighted by Gasteiger charge is 2.16. The van der Waals surface area contributed by atoms with E-state index in [0.29, 0.717) is 41.7 Å². The molecule has 1 aromatic carbocycles. The number of hydrazone groups is 1. The van der Waals surface area contributed by atoms with Crippen molar-refractivity contribution in [1.29, 1.82) is 0 Å². The Labute approximate surface area is 207 Å². The first kappa shape index (κ1) is 24.5. The number of aryl methyl sites for hydroxylation is 2. The van der Waals surface area contributed by atoms with Gasteiger partial charge in [-0.1, -0.05) is 6.07 Å². The Balaban J connectivity index is 1.54. The van der Waals surface area contributed by atoms with Crippen LogP contribution in [0.3, 0.4) is 0 Å². The molecule has 0 radical (unpaired) electrons. The smallest absolute Gasteiger partial charge is 0.271 e. The number of amides is 2. The van der Waals surface area contributed by atoms with Crippen molar-refractivity contribution >= 4 is 28.4 Å². The van der Waals surface area contributed by atoms with Crippen LogP contribution in [-0.2, 0) is 13.1 Å². The first-order valence-electron chi connectivity index (χ1n) is 11.6. The standard InChI is InChI=1S/C26H27N7O3/c1-3-33-16-22(26(36)29-9-4-13-32-14-12-28-17-32)24(34)21-15-20(5-6-23(21)33)18(2)30-31-25(35)19-7-10-27-11-8-19/h5-8,10-12,14-17H,3-4,9,13H2,1-2H3,(H,29,36)(H,31,35)/b30-18+. The molecule has 2 amide bonds. The Bertz CT molecular complexity index is 1460. The van der Waals surface area contributed by atoms with E-state index in [0.717, 1.165) is 12.1 Å². The second-order valence-corrected chi connectivity index (χ2v) is 8.17. The van der Waals surface area contributed by atoms with Gasteiger partial charge in [0.1, 0.15) is 5.56 Å². The summed E-state index contributed by atoms with van der Waals surface area (Å²) in [5.74, 6) is -0.770. The molecule has 4 rings (SSSR count). The number of benzene rings is 1. The molecular formula is C26H27N7O3. The predicted octanol–water partition coefficient (Wildman–Crippen LogP) is 2.59. The number of carbonyl (C=O) groups excluding carboxylic acids is 2. The van der Waals surface area contributed by atoms with Crippen LogP contribution in [0.15, 0.2) is 77.5 Å². The summed E-state index contributed by atoms with van der Waals surface area (Å²) in [6.45, 7) is 5.43. The molecule has 36 heavy (non-hydrogen) atoms. The third kappa shape index (κ3) is 5.54. The Morgan fingerprint density at radius 2 is 1.83 bits per heavy atom. The first-order valence-corrected chi connectivity index (χ1v) is 11.6. The van der Waals surface area contributed by atoms with E-state index in [2.05, 4.69) is 25.8 Å². The van der Waals surface area contributed by atoms with E-state index in [9.17, 15) is 14.4 Å². The largest absolute Gasteiger partial charge is 0.352 e. The number of rotatable bonds is 9. The monoisotopic (exact) mass is 485 g/mol. The molecule has 0 saturated carbocycles. The molecule has 0 spiro atoms. The molecule has 2 N–H and O–H groups in total. The topological polar surface area (TPSA) is 123 Å². The van der Waals surface area contributed by atoms with E-state index in [-0.39, 0.29) is 16.9 Å². The van der Waals surface area contributed by atoms with Gasteiger partial charge in [-0.25, -0.2) is 10.4 Å². The van der Waals surface area contributed by atoms with E-state index >= 15 is 0 Å². The molecule has 4 aromatic rings. The summed E-state index contributed by atoms with van der Waals surface area (Å²) in [4.78, 5) is 46.3. The maximum atomic E-state index is 13.3. The van der Waals surface area contributed by atoms with E-state index in [1.807, 2.05) is 34.4 Å². The van der Waals surface area contributed by atoms with Crippen molar-refractivity contribution in [2.75, 3.05) is 6.54 Å².